The summed E-state index contributed by atoms with van der Waals surface area (Å²) >= 11 is 0. The molecule has 0 saturated carbocycles. The van der Waals surface area contributed by atoms with Gasteiger partial charge in [-0.2, -0.15) is 10.2 Å². The van der Waals surface area contributed by atoms with Crippen molar-refractivity contribution in [3.05, 3.63) is 54.4 Å². The van der Waals surface area contributed by atoms with E-state index in [0.717, 1.165) is 45.1 Å². The van der Waals surface area contributed by atoms with Crippen molar-refractivity contribution in [3.63, 3.8) is 0 Å². The molecule has 13 nitrogen and oxygen atoms in total. The number of nitrogens with one attached hydrogen (secondary N) is 2. The topological polar surface area (TPSA) is 149 Å². The average Bonchev–Trinajstić information content (AvgIpc) is 3.51. The van der Waals surface area contributed by atoms with Crippen LogP contribution in [-0.4, -0.2) is 114 Å². The lowest BCUT2D eigenvalue weighted by atomic mass is 10.0. The second kappa shape index (κ2) is 13.5. The molecule has 3 aromatic rings. The molecule has 14 heteroatoms. The Labute approximate surface area is 271 Å². The number of benzene rings is 2. The van der Waals surface area contributed by atoms with Crippen molar-refractivity contribution in [2.45, 2.75) is 31.2 Å². The van der Waals surface area contributed by atoms with Crippen molar-refractivity contribution in [3.8, 4) is 23.2 Å². The van der Waals surface area contributed by atoms with E-state index in [9.17, 15) is 14.9 Å². The number of amides is 2. The molecule has 3 atom stereocenters. The Bertz CT molecular complexity index is 1660. The summed E-state index contributed by atoms with van der Waals surface area (Å²) in [5.41, 5.74) is 2.79. The van der Waals surface area contributed by atoms with Gasteiger partial charge in [0.05, 0.1) is 31.4 Å². The zero-order valence-corrected chi connectivity index (χ0v) is 25.8. The molecule has 5 heterocycles. The van der Waals surface area contributed by atoms with Gasteiger partial charge >= 0.3 is 0 Å². The molecule has 1 aromatic heterocycles. The van der Waals surface area contributed by atoms with Crippen molar-refractivity contribution in [1.82, 2.24) is 30.1 Å². The molecule has 0 spiro atoms. The fourth-order valence-corrected chi connectivity index (χ4v) is 6.45. The lowest BCUT2D eigenvalue weighted by molar-refractivity contribution is -0.143. The molecule has 4 fully saturated rings. The lowest BCUT2D eigenvalue weighted by Crippen LogP contribution is -2.56. The number of aromatic nitrogens is 3. The predicted octanol–water partition coefficient (Wildman–Crippen LogP) is 2.13. The highest BCUT2D eigenvalue weighted by atomic mass is 19.1. The van der Waals surface area contributed by atoms with Crippen LogP contribution in [0.5, 0.6) is 5.75 Å². The molecule has 4 aliphatic heterocycles. The summed E-state index contributed by atoms with van der Waals surface area (Å²) < 4.78 is 26.4. The van der Waals surface area contributed by atoms with Crippen molar-refractivity contribution >= 4 is 29.1 Å². The van der Waals surface area contributed by atoms with Gasteiger partial charge < -0.3 is 29.9 Å². The molecule has 2 aromatic carbocycles. The number of hydrogen-bond acceptors (Lipinski definition) is 11. The predicted molar refractivity (Wildman–Crippen MR) is 170 cm³/mol. The summed E-state index contributed by atoms with van der Waals surface area (Å²) in [5.74, 6) is -0.454. The van der Waals surface area contributed by atoms with E-state index in [1.165, 1.54) is 16.9 Å². The molecule has 2 N–H and O–H groups in total. The maximum Gasteiger partial charge on any atom is 0.235 e. The van der Waals surface area contributed by atoms with Gasteiger partial charge in [-0.25, -0.2) is 14.4 Å². The number of ether oxygens (including phenoxy) is 2. The number of piperidine rings is 1. The molecule has 0 aliphatic carbocycles. The van der Waals surface area contributed by atoms with Gasteiger partial charge in [-0.15, -0.1) is 0 Å². The Morgan fingerprint density at radius 3 is 2.55 bits per heavy atom. The van der Waals surface area contributed by atoms with Crippen molar-refractivity contribution in [2.75, 3.05) is 69.2 Å². The number of anilines is 3. The Morgan fingerprint density at radius 1 is 1.06 bits per heavy atom. The first-order valence-corrected chi connectivity index (χ1v) is 16.0. The van der Waals surface area contributed by atoms with Gasteiger partial charge in [0.2, 0.25) is 17.8 Å². The molecule has 4 aliphatic rings. The number of nitriles is 1. The van der Waals surface area contributed by atoms with Gasteiger partial charge in [0.15, 0.2) is 12.0 Å². The Morgan fingerprint density at radius 2 is 1.87 bits per heavy atom. The van der Waals surface area contributed by atoms with E-state index in [2.05, 4.69) is 53.6 Å². The Balaban J connectivity index is 0.960. The number of nitrogens with zero attached hydrogens (tertiary/aromatic N) is 7. The molecule has 2 amide bonds. The maximum absolute atomic E-state index is 15.2. The van der Waals surface area contributed by atoms with Crippen LogP contribution in [0, 0.1) is 17.2 Å². The first-order chi connectivity index (χ1) is 22.9. The van der Waals surface area contributed by atoms with Crippen LogP contribution >= 0.6 is 0 Å². The van der Waals surface area contributed by atoms with Gasteiger partial charge in [0, 0.05) is 62.6 Å². The maximum atomic E-state index is 15.2. The van der Waals surface area contributed by atoms with Crippen LogP contribution in [0.4, 0.5) is 21.7 Å². The van der Waals surface area contributed by atoms with Crippen LogP contribution in [0.15, 0.2) is 48.8 Å². The van der Waals surface area contributed by atoms with E-state index in [1.54, 1.807) is 18.2 Å². The van der Waals surface area contributed by atoms with Gasteiger partial charge in [-0.3, -0.25) is 14.5 Å². The van der Waals surface area contributed by atoms with E-state index in [-0.39, 0.29) is 42.6 Å². The minimum atomic E-state index is -1.47. The minimum Gasteiger partial charge on any atom is -0.486 e. The zero-order valence-electron chi connectivity index (χ0n) is 25.8. The van der Waals surface area contributed by atoms with Gasteiger partial charge in [0.1, 0.15) is 30.2 Å². The number of rotatable bonds is 8. The summed E-state index contributed by atoms with van der Waals surface area (Å²) in [6, 6.07) is 15.8. The number of alkyl halides is 1. The van der Waals surface area contributed by atoms with Crippen LogP contribution in [0.3, 0.4) is 0 Å². The smallest absolute Gasteiger partial charge is 0.235 e. The third-order valence-electron chi connectivity index (χ3n) is 9.29. The number of likely N-dealkylation sites (tertiary alicyclic amines) is 1. The van der Waals surface area contributed by atoms with Crippen LogP contribution < -0.4 is 20.3 Å². The van der Waals surface area contributed by atoms with E-state index < -0.39 is 18.2 Å². The third kappa shape index (κ3) is 6.68. The quantitative estimate of drug-likeness (QED) is 0.349. The van der Waals surface area contributed by atoms with Crippen molar-refractivity contribution < 1.29 is 23.5 Å². The monoisotopic (exact) mass is 641 g/mol. The first-order valence-electron chi connectivity index (χ1n) is 16.0. The molecule has 4 saturated heterocycles. The van der Waals surface area contributed by atoms with Crippen molar-refractivity contribution in [2.24, 2.45) is 5.92 Å². The molecule has 0 radical (unpaired) electrons. The molecular weight excluding hydrogens is 605 g/mol. The third-order valence-corrected chi connectivity index (χ3v) is 9.29. The summed E-state index contributed by atoms with van der Waals surface area (Å²) in [7, 11) is 0. The molecule has 47 heavy (non-hydrogen) atoms. The standard InChI is InChI=1S/C33H36FN9O4/c34-27-17-43(32(45)26-7-9-36-31(26)44)10-8-29(27)47-28-6-1-21(15-22(28)16-35)30-37-20-38-33(40-30)39-23-2-4-24(5-3-23)41-11-13-42(14-12-41)25-18-46-19-25/h1-6,15,20,25-27,29H,7-14,17-19H2,(H,36,44)(H,37,38,39,40)/t26?,27-,29-/m0/s1. The Hall–Kier alpha value is -4.87. The highest BCUT2D eigenvalue weighted by molar-refractivity contribution is 6.01. The minimum absolute atomic E-state index is 0.163. The number of carbonyl (C=O) groups excluding carboxylic acids is 2. The number of carbonyl (C=O) groups is 2. The first kappa shape index (κ1) is 30.8. The lowest BCUT2D eigenvalue weighted by Gasteiger charge is -2.43. The van der Waals surface area contributed by atoms with E-state index in [4.69, 9.17) is 9.47 Å². The van der Waals surface area contributed by atoms with Gasteiger partial charge in [-0.1, -0.05) is 0 Å². The summed E-state index contributed by atoms with van der Waals surface area (Å²) in [5, 5.41) is 15.7. The zero-order chi connectivity index (χ0) is 32.3. The molecule has 244 valence electrons. The van der Waals surface area contributed by atoms with E-state index in [0.29, 0.717) is 36.3 Å². The fourth-order valence-electron chi connectivity index (χ4n) is 6.45. The number of piperazine rings is 1. The normalized spacial score (nSPS) is 23.5. The van der Waals surface area contributed by atoms with Crippen LogP contribution in [0.2, 0.25) is 0 Å². The molecule has 0 bridgehead atoms. The van der Waals surface area contributed by atoms with E-state index >= 15 is 4.39 Å². The SMILES string of the molecule is N#Cc1cc(-c2ncnc(Nc3ccc(N4CCN(C5COC5)CC4)cc3)n2)ccc1O[C@H]1CCN(C(=O)C2CCNC2=O)C[C@@H]1F. The summed E-state index contributed by atoms with van der Waals surface area (Å²) in [6.07, 6.45) is -0.234. The Kier molecular flexibility index (Phi) is 8.82. The largest absolute Gasteiger partial charge is 0.486 e. The summed E-state index contributed by atoms with van der Waals surface area (Å²) in [6.45, 7) is 6.26. The average molecular weight is 642 g/mol. The summed E-state index contributed by atoms with van der Waals surface area (Å²) in [4.78, 5) is 44.0. The van der Waals surface area contributed by atoms with Gasteiger partial charge in [-0.05, 0) is 48.9 Å². The number of halogens is 1. The molecule has 7 rings (SSSR count). The van der Waals surface area contributed by atoms with Crippen LogP contribution in [0.25, 0.3) is 11.4 Å². The fraction of sp³-hybridized carbons (Fsp3) is 0.455. The highest BCUT2D eigenvalue weighted by Gasteiger charge is 2.39. The highest BCUT2D eigenvalue weighted by Crippen LogP contribution is 2.29. The van der Waals surface area contributed by atoms with Crippen molar-refractivity contribution in [1.29, 1.82) is 5.26 Å². The van der Waals surface area contributed by atoms with E-state index in [1.807, 2.05) is 12.1 Å². The van der Waals surface area contributed by atoms with Gasteiger partial charge in [0.25, 0.3) is 0 Å². The second-order valence-electron chi connectivity index (χ2n) is 12.2. The van der Waals surface area contributed by atoms with Crippen LogP contribution in [0.1, 0.15) is 18.4 Å². The molecule has 1 unspecified atom stereocenters. The molecular formula is C33H36FN9O4. The number of hydrogen-bond donors (Lipinski definition) is 2. The van der Waals surface area contributed by atoms with Crippen LogP contribution in [-0.2, 0) is 14.3 Å². The second-order valence-corrected chi connectivity index (χ2v) is 12.2.